The highest BCUT2D eigenvalue weighted by molar-refractivity contribution is 5.50. The fourth-order valence-corrected chi connectivity index (χ4v) is 3.82. The molecule has 2 fully saturated rings. The molecule has 2 aliphatic rings. The molecule has 1 saturated carbocycles. The summed E-state index contributed by atoms with van der Waals surface area (Å²) in [5.41, 5.74) is 1.18. The number of ether oxygens (including phenoxy) is 2. The minimum Gasteiger partial charge on any atom is -0.393 e. The molecule has 4 nitrogen and oxygen atoms in total. The van der Waals surface area contributed by atoms with Crippen molar-refractivity contribution in [2.75, 3.05) is 6.61 Å². The first-order valence-corrected chi connectivity index (χ1v) is 9.70. The van der Waals surface area contributed by atoms with E-state index in [9.17, 15) is 9.90 Å². The molecule has 5 atom stereocenters. The van der Waals surface area contributed by atoms with Crippen molar-refractivity contribution in [3.8, 4) is 11.8 Å². The molecule has 0 radical (unpaired) electrons. The molecule has 140 valence electrons. The highest BCUT2D eigenvalue weighted by atomic mass is 16.7. The molecular weight excluding hydrogens is 328 g/mol. The molecule has 1 N–H and O–H groups in total. The van der Waals surface area contributed by atoms with Crippen LogP contribution < -0.4 is 0 Å². The fourth-order valence-electron chi connectivity index (χ4n) is 3.82. The van der Waals surface area contributed by atoms with Crippen molar-refractivity contribution in [2.45, 2.75) is 63.4 Å². The first-order valence-electron chi connectivity index (χ1n) is 9.70. The van der Waals surface area contributed by atoms with Crippen LogP contribution in [0.5, 0.6) is 0 Å². The topological polar surface area (TPSA) is 55.8 Å². The Bertz CT molecular complexity index is 612. The van der Waals surface area contributed by atoms with Crippen LogP contribution in [0.25, 0.3) is 0 Å². The van der Waals surface area contributed by atoms with Crippen LogP contribution in [-0.4, -0.2) is 36.5 Å². The Kier molecular flexibility index (Phi) is 7.25. The second kappa shape index (κ2) is 9.87. The van der Waals surface area contributed by atoms with Crippen LogP contribution >= 0.6 is 0 Å². The van der Waals surface area contributed by atoms with Crippen LogP contribution in [0.1, 0.15) is 44.1 Å². The van der Waals surface area contributed by atoms with E-state index in [1.807, 2.05) is 18.2 Å². The molecular formula is C22H28O4. The third-order valence-corrected chi connectivity index (χ3v) is 5.30. The van der Waals surface area contributed by atoms with E-state index in [2.05, 4.69) is 24.0 Å². The third-order valence-electron chi connectivity index (χ3n) is 5.30. The molecule has 1 heterocycles. The van der Waals surface area contributed by atoms with Crippen molar-refractivity contribution >= 4 is 6.29 Å². The van der Waals surface area contributed by atoms with Gasteiger partial charge in [0.25, 0.3) is 0 Å². The van der Waals surface area contributed by atoms with E-state index in [1.165, 1.54) is 5.56 Å². The van der Waals surface area contributed by atoms with E-state index in [0.29, 0.717) is 19.3 Å². The number of benzene rings is 1. The van der Waals surface area contributed by atoms with Crippen molar-refractivity contribution in [2.24, 2.45) is 11.8 Å². The monoisotopic (exact) mass is 356 g/mol. The zero-order chi connectivity index (χ0) is 18.2. The van der Waals surface area contributed by atoms with Gasteiger partial charge in [0.05, 0.1) is 6.10 Å². The van der Waals surface area contributed by atoms with Gasteiger partial charge < -0.3 is 19.4 Å². The summed E-state index contributed by atoms with van der Waals surface area (Å²) >= 11 is 0. The largest absolute Gasteiger partial charge is 0.393 e. The van der Waals surface area contributed by atoms with Crippen LogP contribution in [0.4, 0.5) is 0 Å². The fraction of sp³-hybridized carbons (Fsp3) is 0.591. The second-order valence-electron chi connectivity index (χ2n) is 7.22. The Labute approximate surface area is 155 Å². The van der Waals surface area contributed by atoms with Gasteiger partial charge in [-0.05, 0) is 37.7 Å². The predicted octanol–water partition coefficient (Wildman–Crippen LogP) is 3.12. The van der Waals surface area contributed by atoms with Gasteiger partial charge in [0, 0.05) is 31.3 Å². The van der Waals surface area contributed by atoms with Crippen LogP contribution in [0.2, 0.25) is 0 Å². The summed E-state index contributed by atoms with van der Waals surface area (Å²) in [6.45, 7) is 0.742. The van der Waals surface area contributed by atoms with Gasteiger partial charge in [0.1, 0.15) is 12.4 Å². The number of carbonyl (C=O) groups excluding carboxylic acids is 1. The summed E-state index contributed by atoms with van der Waals surface area (Å²) in [5.74, 6) is 6.60. The number of hydrogen-bond acceptors (Lipinski definition) is 4. The number of aliphatic hydroxyl groups excluding tert-OH is 1. The Morgan fingerprint density at radius 2 is 2.08 bits per heavy atom. The lowest BCUT2D eigenvalue weighted by Crippen LogP contribution is -2.28. The quantitative estimate of drug-likeness (QED) is 0.628. The SMILES string of the molecule is O=CCC1C(O)CCC1C#CC(Cc1ccccc1)OC1CCCCO1. The molecule has 1 aromatic carbocycles. The first-order chi connectivity index (χ1) is 12.8. The predicted molar refractivity (Wildman–Crippen MR) is 99.3 cm³/mol. The lowest BCUT2D eigenvalue weighted by Gasteiger charge is -2.26. The van der Waals surface area contributed by atoms with Crippen LogP contribution in [-0.2, 0) is 20.7 Å². The van der Waals surface area contributed by atoms with Gasteiger partial charge in [-0.3, -0.25) is 0 Å². The molecule has 0 bridgehead atoms. The molecule has 0 aromatic heterocycles. The Morgan fingerprint density at radius 3 is 2.81 bits per heavy atom. The molecule has 1 aliphatic heterocycles. The number of hydrogen-bond donors (Lipinski definition) is 1. The maximum Gasteiger partial charge on any atom is 0.159 e. The van der Waals surface area contributed by atoms with Crippen molar-refractivity contribution < 1.29 is 19.4 Å². The minimum absolute atomic E-state index is 0.0525. The van der Waals surface area contributed by atoms with E-state index in [1.54, 1.807) is 0 Å². The Balaban J connectivity index is 1.69. The highest BCUT2D eigenvalue weighted by Gasteiger charge is 2.33. The smallest absolute Gasteiger partial charge is 0.159 e. The van der Waals surface area contributed by atoms with Gasteiger partial charge in [-0.2, -0.15) is 0 Å². The third kappa shape index (κ3) is 5.41. The van der Waals surface area contributed by atoms with Crippen molar-refractivity contribution in [3.63, 3.8) is 0 Å². The summed E-state index contributed by atoms with van der Waals surface area (Å²) in [7, 11) is 0. The molecule has 1 saturated heterocycles. The first kappa shape index (κ1) is 19.1. The van der Waals surface area contributed by atoms with Crippen molar-refractivity contribution in [3.05, 3.63) is 35.9 Å². The van der Waals surface area contributed by atoms with E-state index in [0.717, 1.165) is 38.6 Å². The van der Waals surface area contributed by atoms with Crippen molar-refractivity contribution in [1.82, 2.24) is 0 Å². The summed E-state index contributed by atoms with van der Waals surface area (Å²) < 4.78 is 11.9. The standard InChI is InChI=1S/C22H28O4/c23-14-13-20-18(10-12-21(20)24)9-11-19(16-17-6-2-1-3-7-17)26-22-8-4-5-15-25-22/h1-3,6-7,14,18-22,24H,4-5,8,10,12-13,15-16H2. The number of rotatable bonds is 6. The minimum atomic E-state index is -0.422. The number of carbonyl (C=O) groups is 1. The second-order valence-corrected chi connectivity index (χ2v) is 7.22. The van der Waals surface area contributed by atoms with Gasteiger partial charge in [0.2, 0.25) is 0 Å². The molecule has 1 aliphatic carbocycles. The van der Waals surface area contributed by atoms with Crippen LogP contribution in [0.3, 0.4) is 0 Å². The lowest BCUT2D eigenvalue weighted by molar-refractivity contribution is -0.176. The molecule has 0 amide bonds. The van der Waals surface area contributed by atoms with Crippen LogP contribution in [0.15, 0.2) is 30.3 Å². The highest BCUT2D eigenvalue weighted by Crippen LogP contribution is 2.33. The molecule has 3 rings (SSSR count). The van der Waals surface area contributed by atoms with Crippen molar-refractivity contribution in [1.29, 1.82) is 0 Å². The molecule has 1 aromatic rings. The van der Waals surface area contributed by atoms with Gasteiger partial charge in [-0.1, -0.05) is 42.2 Å². The van der Waals surface area contributed by atoms with Gasteiger partial charge in [-0.15, -0.1) is 0 Å². The van der Waals surface area contributed by atoms with Gasteiger partial charge in [-0.25, -0.2) is 0 Å². The van der Waals surface area contributed by atoms with Gasteiger partial charge >= 0.3 is 0 Å². The van der Waals surface area contributed by atoms with E-state index in [-0.39, 0.29) is 24.2 Å². The Hall–Kier alpha value is -1.67. The van der Waals surface area contributed by atoms with E-state index >= 15 is 0 Å². The average molecular weight is 356 g/mol. The molecule has 0 spiro atoms. The maximum atomic E-state index is 10.9. The Morgan fingerprint density at radius 1 is 1.23 bits per heavy atom. The van der Waals surface area contributed by atoms with Gasteiger partial charge in [0.15, 0.2) is 6.29 Å². The average Bonchev–Trinajstić information content (AvgIpc) is 3.02. The molecule has 26 heavy (non-hydrogen) atoms. The maximum absolute atomic E-state index is 10.9. The molecule has 5 unspecified atom stereocenters. The number of aliphatic hydroxyl groups is 1. The zero-order valence-corrected chi connectivity index (χ0v) is 15.2. The zero-order valence-electron chi connectivity index (χ0n) is 15.2. The summed E-state index contributed by atoms with van der Waals surface area (Å²) in [6.07, 6.45) is 5.78. The lowest BCUT2D eigenvalue weighted by atomic mass is 9.92. The molecule has 4 heteroatoms. The number of aldehydes is 1. The van der Waals surface area contributed by atoms with E-state index < -0.39 is 6.10 Å². The summed E-state index contributed by atoms with van der Waals surface area (Å²) in [5, 5.41) is 10.1. The van der Waals surface area contributed by atoms with Crippen LogP contribution in [0, 0.1) is 23.7 Å². The summed E-state index contributed by atoms with van der Waals surface area (Å²) in [4.78, 5) is 10.9. The normalized spacial score (nSPS) is 29.6. The summed E-state index contributed by atoms with van der Waals surface area (Å²) in [6, 6.07) is 10.2. The van der Waals surface area contributed by atoms with E-state index in [4.69, 9.17) is 9.47 Å².